The Labute approximate surface area is 116 Å². The lowest BCUT2D eigenvalue weighted by molar-refractivity contribution is 0.471. The maximum absolute atomic E-state index is 5.93. The first-order chi connectivity index (χ1) is 9.33. The van der Waals surface area contributed by atoms with Gasteiger partial charge in [0.1, 0.15) is 17.3 Å². The number of nitrogen functional groups attached to an aromatic ring is 1. The van der Waals surface area contributed by atoms with Crippen molar-refractivity contribution >= 4 is 23.3 Å². The molecule has 0 radical (unpaired) electrons. The smallest absolute Gasteiger partial charge is 0.146 e. The van der Waals surface area contributed by atoms with Crippen LogP contribution in [0.25, 0.3) is 0 Å². The molecule has 1 aliphatic rings. The second-order valence-electron chi connectivity index (χ2n) is 4.29. The first-order valence-corrected chi connectivity index (χ1v) is 7.20. The number of thioether (sulfide) groups is 1. The maximum atomic E-state index is 5.93. The van der Waals surface area contributed by atoms with Crippen molar-refractivity contribution in [3.8, 4) is 11.5 Å². The number of nitrogens with two attached hydrogens (primary N) is 1. The molecule has 3 N–H and O–H groups in total. The summed E-state index contributed by atoms with van der Waals surface area (Å²) in [6, 6.07) is 9.31. The summed E-state index contributed by atoms with van der Waals surface area (Å²) in [6.07, 6.45) is 2.90. The van der Waals surface area contributed by atoms with Crippen LogP contribution in [0.15, 0.2) is 41.4 Å². The highest BCUT2D eigenvalue weighted by Gasteiger charge is 2.14. The number of rotatable bonds is 2. The van der Waals surface area contributed by atoms with Crippen molar-refractivity contribution in [3.63, 3.8) is 0 Å². The van der Waals surface area contributed by atoms with E-state index in [0.717, 1.165) is 46.6 Å². The van der Waals surface area contributed by atoms with Crippen LogP contribution >= 0.6 is 11.8 Å². The topological polar surface area (TPSA) is 60.2 Å². The molecule has 0 spiro atoms. The van der Waals surface area contributed by atoms with E-state index in [9.17, 15) is 0 Å². The summed E-state index contributed by atoms with van der Waals surface area (Å²) in [5, 5.41) is 3.33. The molecular weight excluding hydrogens is 258 g/mol. The zero-order valence-electron chi connectivity index (χ0n) is 10.4. The molecule has 2 heterocycles. The van der Waals surface area contributed by atoms with Crippen LogP contribution in [0, 0.1) is 0 Å². The van der Waals surface area contributed by atoms with E-state index in [1.165, 1.54) is 0 Å². The fourth-order valence-corrected chi connectivity index (χ4v) is 2.90. The lowest BCUT2D eigenvalue weighted by Gasteiger charge is -2.12. The van der Waals surface area contributed by atoms with Crippen molar-refractivity contribution in [2.24, 2.45) is 0 Å². The zero-order chi connectivity index (χ0) is 13.1. The van der Waals surface area contributed by atoms with E-state index in [-0.39, 0.29) is 0 Å². The predicted molar refractivity (Wildman–Crippen MR) is 79.0 cm³/mol. The van der Waals surface area contributed by atoms with Gasteiger partial charge in [0.15, 0.2) is 0 Å². The highest BCUT2D eigenvalue weighted by molar-refractivity contribution is 7.99. The van der Waals surface area contributed by atoms with Crippen LogP contribution < -0.4 is 15.8 Å². The standard InChI is InChI=1S/C14H15N3OS/c15-10-2-4-11(5-3-10)18-12-6-8-17-14-13(12)19-9-1-7-16-14/h2-6,8H,1,7,9,15H2,(H,16,17). The lowest BCUT2D eigenvalue weighted by Crippen LogP contribution is -2.02. The third-order valence-corrected chi connectivity index (χ3v) is 4.01. The van der Waals surface area contributed by atoms with E-state index < -0.39 is 0 Å². The van der Waals surface area contributed by atoms with E-state index in [0.29, 0.717) is 0 Å². The average Bonchev–Trinajstić information content (AvgIpc) is 2.67. The Morgan fingerprint density at radius 2 is 2.05 bits per heavy atom. The maximum Gasteiger partial charge on any atom is 0.146 e. The molecule has 0 aliphatic carbocycles. The molecule has 19 heavy (non-hydrogen) atoms. The number of aromatic nitrogens is 1. The minimum absolute atomic E-state index is 0.733. The molecule has 98 valence electrons. The van der Waals surface area contributed by atoms with Gasteiger partial charge in [0.25, 0.3) is 0 Å². The number of fused-ring (bicyclic) bond motifs is 1. The highest BCUT2D eigenvalue weighted by atomic mass is 32.2. The molecule has 0 saturated carbocycles. The van der Waals surface area contributed by atoms with Gasteiger partial charge in [0, 0.05) is 24.5 Å². The molecule has 5 heteroatoms. The summed E-state index contributed by atoms with van der Waals surface area (Å²) in [5.41, 5.74) is 6.41. The van der Waals surface area contributed by atoms with Gasteiger partial charge in [0.05, 0.1) is 4.90 Å². The van der Waals surface area contributed by atoms with Gasteiger partial charge in [-0.25, -0.2) is 4.98 Å². The fourth-order valence-electron chi connectivity index (χ4n) is 1.89. The predicted octanol–water partition coefficient (Wildman–Crippen LogP) is 3.36. The van der Waals surface area contributed by atoms with Gasteiger partial charge in [-0.1, -0.05) is 0 Å². The second-order valence-corrected chi connectivity index (χ2v) is 5.39. The monoisotopic (exact) mass is 273 g/mol. The largest absolute Gasteiger partial charge is 0.456 e. The van der Waals surface area contributed by atoms with Gasteiger partial charge in [0.2, 0.25) is 0 Å². The Kier molecular flexibility index (Phi) is 3.46. The Morgan fingerprint density at radius 3 is 2.89 bits per heavy atom. The number of anilines is 2. The molecule has 0 amide bonds. The van der Waals surface area contributed by atoms with Crippen LogP contribution in [0.2, 0.25) is 0 Å². The number of hydrogen-bond donors (Lipinski definition) is 2. The van der Waals surface area contributed by atoms with Gasteiger partial charge in [-0.2, -0.15) is 0 Å². The van der Waals surface area contributed by atoms with Crippen LogP contribution in [0.5, 0.6) is 11.5 Å². The number of ether oxygens (including phenoxy) is 1. The molecule has 0 bridgehead atoms. The van der Waals surface area contributed by atoms with E-state index in [1.54, 1.807) is 18.0 Å². The van der Waals surface area contributed by atoms with Gasteiger partial charge in [-0.3, -0.25) is 0 Å². The number of nitrogens with one attached hydrogen (secondary N) is 1. The first kappa shape index (κ1) is 12.2. The molecule has 2 aromatic rings. The third kappa shape index (κ3) is 2.76. The normalized spacial score (nSPS) is 14.1. The molecule has 1 aromatic heterocycles. The molecular formula is C14H15N3OS. The number of pyridine rings is 1. The average molecular weight is 273 g/mol. The minimum atomic E-state index is 0.733. The number of hydrogen-bond acceptors (Lipinski definition) is 5. The molecule has 1 aliphatic heterocycles. The van der Waals surface area contributed by atoms with E-state index in [1.807, 2.05) is 30.3 Å². The summed E-state index contributed by atoms with van der Waals surface area (Å²) in [5.74, 6) is 3.61. The van der Waals surface area contributed by atoms with Gasteiger partial charge >= 0.3 is 0 Å². The molecule has 3 rings (SSSR count). The van der Waals surface area contributed by atoms with Crippen LogP contribution in [-0.2, 0) is 0 Å². The molecule has 0 fully saturated rings. The Bertz CT molecular complexity index is 571. The molecule has 4 nitrogen and oxygen atoms in total. The van der Waals surface area contributed by atoms with E-state index >= 15 is 0 Å². The molecule has 0 saturated heterocycles. The van der Waals surface area contributed by atoms with E-state index in [2.05, 4.69) is 10.3 Å². The van der Waals surface area contributed by atoms with Crippen LogP contribution in [0.3, 0.4) is 0 Å². The van der Waals surface area contributed by atoms with Crippen LogP contribution in [0.1, 0.15) is 6.42 Å². The summed E-state index contributed by atoms with van der Waals surface area (Å²) in [6.45, 7) is 0.957. The minimum Gasteiger partial charge on any atom is -0.456 e. The van der Waals surface area contributed by atoms with Gasteiger partial charge in [-0.05, 0) is 36.4 Å². The lowest BCUT2D eigenvalue weighted by atomic mass is 10.3. The Hall–Kier alpha value is -1.88. The summed E-state index contributed by atoms with van der Waals surface area (Å²) in [7, 11) is 0. The summed E-state index contributed by atoms with van der Waals surface area (Å²) >= 11 is 1.78. The number of benzene rings is 1. The quantitative estimate of drug-likeness (QED) is 0.822. The molecule has 0 unspecified atom stereocenters. The van der Waals surface area contributed by atoms with Crippen molar-refractivity contribution in [3.05, 3.63) is 36.5 Å². The first-order valence-electron chi connectivity index (χ1n) is 6.22. The van der Waals surface area contributed by atoms with Crippen LogP contribution in [-0.4, -0.2) is 17.3 Å². The van der Waals surface area contributed by atoms with Crippen molar-refractivity contribution < 1.29 is 4.74 Å². The van der Waals surface area contributed by atoms with Crippen molar-refractivity contribution in [1.29, 1.82) is 0 Å². The van der Waals surface area contributed by atoms with Gasteiger partial charge in [-0.15, -0.1) is 11.8 Å². The van der Waals surface area contributed by atoms with Gasteiger partial charge < -0.3 is 15.8 Å². The third-order valence-electron chi connectivity index (χ3n) is 2.84. The SMILES string of the molecule is Nc1ccc(Oc2ccnc3c2SCCCN3)cc1. The molecule has 0 atom stereocenters. The van der Waals surface area contributed by atoms with Crippen molar-refractivity contribution in [1.82, 2.24) is 4.98 Å². The fraction of sp³-hybridized carbons (Fsp3) is 0.214. The Balaban J connectivity index is 1.90. The van der Waals surface area contributed by atoms with Crippen molar-refractivity contribution in [2.45, 2.75) is 11.3 Å². The summed E-state index contributed by atoms with van der Waals surface area (Å²) in [4.78, 5) is 5.44. The Morgan fingerprint density at radius 1 is 1.21 bits per heavy atom. The molecule has 1 aromatic carbocycles. The number of nitrogens with zero attached hydrogens (tertiary/aromatic N) is 1. The highest BCUT2D eigenvalue weighted by Crippen LogP contribution is 2.38. The van der Waals surface area contributed by atoms with Crippen LogP contribution in [0.4, 0.5) is 11.5 Å². The van der Waals surface area contributed by atoms with Crippen molar-refractivity contribution in [2.75, 3.05) is 23.3 Å². The zero-order valence-corrected chi connectivity index (χ0v) is 11.2. The second kappa shape index (κ2) is 5.40. The van der Waals surface area contributed by atoms with E-state index in [4.69, 9.17) is 10.5 Å². The summed E-state index contributed by atoms with van der Waals surface area (Å²) < 4.78 is 5.93.